The summed E-state index contributed by atoms with van der Waals surface area (Å²) in [5.41, 5.74) is 9.37. The number of pyridine rings is 2. The molecule has 1 aromatic carbocycles. The van der Waals surface area contributed by atoms with Crippen LogP contribution in [0.25, 0.3) is 16.7 Å². The van der Waals surface area contributed by atoms with Crippen molar-refractivity contribution >= 4 is 22.5 Å². The van der Waals surface area contributed by atoms with Crippen molar-refractivity contribution < 1.29 is 0 Å². The zero-order valence-electron chi connectivity index (χ0n) is 23.9. The van der Waals surface area contributed by atoms with Crippen LogP contribution in [0.4, 0.5) is 5.82 Å². The van der Waals surface area contributed by atoms with E-state index in [1.165, 1.54) is 103 Å². The number of aromatic nitrogens is 2. The van der Waals surface area contributed by atoms with Crippen LogP contribution in [0.15, 0.2) is 73.2 Å². The maximum absolute atomic E-state index is 4.74. The van der Waals surface area contributed by atoms with Gasteiger partial charge in [0.25, 0.3) is 0 Å². The van der Waals surface area contributed by atoms with E-state index in [1.807, 2.05) is 12.4 Å². The number of nitrogens with zero attached hydrogens (tertiary/aromatic N) is 2. The molecule has 1 unspecified atom stereocenters. The van der Waals surface area contributed by atoms with Gasteiger partial charge < -0.3 is 10.6 Å². The Kier molecular flexibility index (Phi) is 9.04. The fourth-order valence-corrected chi connectivity index (χ4v) is 7.01. The molecule has 2 aromatic heterocycles. The third kappa shape index (κ3) is 6.55. The van der Waals surface area contributed by atoms with Crippen LogP contribution >= 0.6 is 0 Å². The molecular weight excluding hydrogens is 488 g/mol. The summed E-state index contributed by atoms with van der Waals surface area (Å²) in [5, 5.41) is 7.39. The van der Waals surface area contributed by atoms with E-state index in [2.05, 4.69) is 76.4 Å². The molecular formula is C36H44N4. The topological polar surface area (TPSA) is 49.8 Å². The predicted molar refractivity (Wildman–Crippen MR) is 168 cm³/mol. The molecule has 1 atom stereocenters. The second-order valence-electron chi connectivity index (χ2n) is 11.9. The Labute approximate surface area is 240 Å². The predicted octanol–water partition coefficient (Wildman–Crippen LogP) is 8.53. The van der Waals surface area contributed by atoms with Crippen LogP contribution in [0.1, 0.15) is 99.3 Å². The molecule has 208 valence electrons. The molecule has 0 bridgehead atoms. The highest BCUT2D eigenvalue weighted by Crippen LogP contribution is 2.42. The lowest BCUT2D eigenvalue weighted by Gasteiger charge is -2.26. The molecule has 40 heavy (non-hydrogen) atoms. The first kappa shape index (κ1) is 27.0. The number of allylic oxidation sites excluding steroid dienone is 3. The molecule has 0 amide bonds. The van der Waals surface area contributed by atoms with E-state index in [0.29, 0.717) is 6.04 Å². The zero-order valence-corrected chi connectivity index (χ0v) is 23.9. The third-order valence-corrected chi connectivity index (χ3v) is 9.11. The second kappa shape index (κ2) is 13.4. The van der Waals surface area contributed by atoms with Gasteiger partial charge in [0, 0.05) is 30.2 Å². The number of hydrogen-bond acceptors (Lipinski definition) is 4. The number of fused-ring (bicyclic) bond motifs is 1. The van der Waals surface area contributed by atoms with Gasteiger partial charge in [-0.05, 0) is 116 Å². The fourth-order valence-electron chi connectivity index (χ4n) is 7.01. The van der Waals surface area contributed by atoms with Gasteiger partial charge in [-0.25, -0.2) is 4.98 Å². The highest BCUT2D eigenvalue weighted by Gasteiger charge is 2.23. The van der Waals surface area contributed by atoms with Gasteiger partial charge in [0.1, 0.15) is 5.82 Å². The average molecular weight is 533 g/mol. The number of hydrogen-bond donors (Lipinski definition) is 2. The second-order valence-corrected chi connectivity index (χ2v) is 11.9. The highest BCUT2D eigenvalue weighted by atomic mass is 15.0. The Morgan fingerprint density at radius 2 is 1.68 bits per heavy atom. The minimum absolute atomic E-state index is 0.537. The molecule has 3 heterocycles. The number of benzene rings is 1. The van der Waals surface area contributed by atoms with Gasteiger partial charge in [0.15, 0.2) is 0 Å². The van der Waals surface area contributed by atoms with Crippen LogP contribution in [-0.2, 0) is 0 Å². The SMILES string of the molecule is C1=C(CC2CCCCNCC2)c2ccncc2C(c2ccccc2)=C(c2ccnc(NC3CCCCC3)c2)CC1. The third-order valence-electron chi connectivity index (χ3n) is 9.11. The summed E-state index contributed by atoms with van der Waals surface area (Å²) in [7, 11) is 0. The van der Waals surface area contributed by atoms with Gasteiger partial charge in [0.2, 0.25) is 0 Å². The van der Waals surface area contributed by atoms with Crippen LogP contribution in [0.3, 0.4) is 0 Å². The first-order valence-corrected chi connectivity index (χ1v) is 15.7. The summed E-state index contributed by atoms with van der Waals surface area (Å²) in [4.78, 5) is 9.42. The largest absolute Gasteiger partial charge is 0.367 e. The molecule has 1 saturated carbocycles. The van der Waals surface area contributed by atoms with E-state index in [4.69, 9.17) is 4.98 Å². The van der Waals surface area contributed by atoms with E-state index >= 15 is 0 Å². The summed E-state index contributed by atoms with van der Waals surface area (Å²) in [6, 6.07) is 18.3. The summed E-state index contributed by atoms with van der Waals surface area (Å²) >= 11 is 0. The van der Waals surface area contributed by atoms with Crippen LogP contribution in [0.5, 0.6) is 0 Å². The van der Waals surface area contributed by atoms with Crippen molar-refractivity contribution in [2.24, 2.45) is 5.92 Å². The van der Waals surface area contributed by atoms with Gasteiger partial charge in [-0.15, -0.1) is 0 Å². The van der Waals surface area contributed by atoms with Gasteiger partial charge in [-0.3, -0.25) is 4.98 Å². The van der Waals surface area contributed by atoms with Gasteiger partial charge in [-0.2, -0.15) is 0 Å². The molecule has 2 aliphatic carbocycles. The quantitative estimate of drug-likeness (QED) is 0.334. The molecule has 1 saturated heterocycles. The fraction of sp³-hybridized carbons (Fsp3) is 0.444. The van der Waals surface area contributed by atoms with E-state index in [-0.39, 0.29) is 0 Å². The lowest BCUT2D eigenvalue weighted by molar-refractivity contribution is 0.395. The molecule has 0 radical (unpaired) electrons. The molecule has 1 aliphatic heterocycles. The summed E-state index contributed by atoms with van der Waals surface area (Å²) in [5.74, 6) is 1.74. The van der Waals surface area contributed by atoms with E-state index in [9.17, 15) is 0 Å². The minimum atomic E-state index is 0.537. The normalized spacial score (nSPS) is 20.9. The molecule has 6 rings (SSSR count). The Bertz CT molecular complexity index is 1310. The number of rotatable bonds is 6. The Balaban J connectivity index is 1.40. The first-order chi connectivity index (χ1) is 19.8. The van der Waals surface area contributed by atoms with Gasteiger partial charge >= 0.3 is 0 Å². The van der Waals surface area contributed by atoms with Crippen molar-refractivity contribution in [3.63, 3.8) is 0 Å². The van der Waals surface area contributed by atoms with E-state index in [0.717, 1.165) is 37.5 Å². The highest BCUT2D eigenvalue weighted by molar-refractivity contribution is 6.01. The lowest BCUT2D eigenvalue weighted by Crippen LogP contribution is -2.22. The Hall–Kier alpha value is -3.24. The van der Waals surface area contributed by atoms with Crippen LogP contribution < -0.4 is 10.6 Å². The Morgan fingerprint density at radius 3 is 2.58 bits per heavy atom. The zero-order chi connectivity index (χ0) is 27.0. The van der Waals surface area contributed by atoms with Gasteiger partial charge in [-0.1, -0.05) is 68.5 Å². The molecule has 4 nitrogen and oxygen atoms in total. The lowest BCUT2D eigenvalue weighted by atomic mass is 9.80. The van der Waals surface area contributed by atoms with E-state index in [1.54, 1.807) is 0 Å². The molecule has 3 aromatic rings. The maximum Gasteiger partial charge on any atom is 0.126 e. The summed E-state index contributed by atoms with van der Waals surface area (Å²) in [6.45, 7) is 2.31. The van der Waals surface area contributed by atoms with E-state index < -0.39 is 0 Å². The smallest absolute Gasteiger partial charge is 0.126 e. The van der Waals surface area contributed by atoms with Crippen molar-refractivity contribution in [2.75, 3.05) is 18.4 Å². The number of nitrogens with one attached hydrogen (secondary N) is 2. The minimum Gasteiger partial charge on any atom is -0.367 e. The molecule has 2 fully saturated rings. The van der Waals surface area contributed by atoms with Crippen molar-refractivity contribution in [3.8, 4) is 0 Å². The standard InChI is InChI=1S/C36H44N4/c1-3-11-28(12-4-1)36-33(30-18-23-39-35(25-30)40-31-14-5-2-6-15-31)16-9-13-29(32-19-22-38-26-34(32)36)24-27-10-7-8-20-37-21-17-27/h1,3-4,11-13,18-19,22-23,25-27,31,37H,2,5-10,14-17,20-21,24H2,(H,39,40). The Morgan fingerprint density at radius 1 is 0.800 bits per heavy atom. The molecule has 2 N–H and O–H groups in total. The van der Waals surface area contributed by atoms with Crippen LogP contribution in [0.2, 0.25) is 0 Å². The van der Waals surface area contributed by atoms with Crippen LogP contribution in [-0.4, -0.2) is 29.1 Å². The summed E-state index contributed by atoms with van der Waals surface area (Å²) in [6.07, 6.45) is 23.5. The molecule has 4 heteroatoms. The summed E-state index contributed by atoms with van der Waals surface area (Å²) < 4.78 is 0. The van der Waals surface area contributed by atoms with Crippen molar-refractivity contribution in [3.05, 3.63) is 95.5 Å². The monoisotopic (exact) mass is 532 g/mol. The van der Waals surface area contributed by atoms with Crippen LogP contribution in [0, 0.1) is 5.92 Å². The van der Waals surface area contributed by atoms with Gasteiger partial charge in [0.05, 0.1) is 0 Å². The molecule has 3 aliphatic rings. The average Bonchev–Trinajstić information content (AvgIpc) is 2.97. The van der Waals surface area contributed by atoms with Crippen molar-refractivity contribution in [1.82, 2.24) is 15.3 Å². The van der Waals surface area contributed by atoms with Crippen molar-refractivity contribution in [2.45, 2.75) is 83.1 Å². The maximum atomic E-state index is 4.74. The molecule has 0 spiro atoms. The number of anilines is 1. The first-order valence-electron chi connectivity index (χ1n) is 15.7. The van der Waals surface area contributed by atoms with Crippen molar-refractivity contribution in [1.29, 1.82) is 0 Å².